The molecule has 1 aliphatic heterocycles. The molecule has 3 heterocycles. The van der Waals surface area contributed by atoms with Crippen molar-refractivity contribution in [1.82, 2.24) is 15.2 Å². The molecule has 11 heteroatoms. The number of carbonyl (C=O) groups excluding carboxylic acids is 2. The summed E-state index contributed by atoms with van der Waals surface area (Å²) in [7, 11) is 0. The number of nitrogens with two attached hydrogens (primary N) is 1. The van der Waals surface area contributed by atoms with Gasteiger partial charge in [0, 0.05) is 36.3 Å². The smallest absolute Gasteiger partial charge is 0.420 e. The van der Waals surface area contributed by atoms with Gasteiger partial charge < -0.3 is 20.4 Å². The lowest BCUT2D eigenvalue weighted by Crippen LogP contribution is -2.39. The number of rotatable bonds is 6. The molecule has 41 heavy (non-hydrogen) atoms. The Bertz CT molecular complexity index is 1590. The number of furan rings is 1. The zero-order valence-corrected chi connectivity index (χ0v) is 21.7. The van der Waals surface area contributed by atoms with Crippen molar-refractivity contribution in [1.29, 1.82) is 0 Å². The minimum absolute atomic E-state index is 0.124. The molecular formula is C30H26F4N4O3. The fourth-order valence-corrected chi connectivity index (χ4v) is 4.63. The van der Waals surface area contributed by atoms with Crippen molar-refractivity contribution in [2.75, 3.05) is 18.8 Å². The van der Waals surface area contributed by atoms with Gasteiger partial charge in [-0.25, -0.2) is 9.37 Å². The molecule has 1 aliphatic rings. The number of amides is 2. The Morgan fingerprint density at radius 3 is 2.44 bits per heavy atom. The van der Waals surface area contributed by atoms with Gasteiger partial charge in [0.05, 0.1) is 12.1 Å². The van der Waals surface area contributed by atoms with Crippen LogP contribution < -0.4 is 11.1 Å². The van der Waals surface area contributed by atoms with Crippen LogP contribution in [0.3, 0.4) is 0 Å². The van der Waals surface area contributed by atoms with Gasteiger partial charge in [0.25, 0.3) is 5.91 Å². The van der Waals surface area contributed by atoms with Crippen LogP contribution in [0.15, 0.2) is 71.3 Å². The van der Waals surface area contributed by atoms with E-state index < -0.39 is 23.8 Å². The number of hydrogen-bond donors (Lipinski definition) is 2. The lowest BCUT2D eigenvalue weighted by Gasteiger charge is -2.28. The van der Waals surface area contributed by atoms with E-state index >= 15 is 0 Å². The maximum Gasteiger partial charge on any atom is 0.420 e. The molecule has 4 aromatic rings. The van der Waals surface area contributed by atoms with Gasteiger partial charge in [-0.1, -0.05) is 12.1 Å². The van der Waals surface area contributed by atoms with Crippen molar-refractivity contribution in [3.8, 4) is 11.1 Å². The molecule has 0 spiro atoms. The zero-order chi connectivity index (χ0) is 29.1. The monoisotopic (exact) mass is 566 g/mol. The molecule has 0 atom stereocenters. The summed E-state index contributed by atoms with van der Waals surface area (Å²) in [5.41, 5.74) is 6.05. The Balaban J connectivity index is 1.34. The van der Waals surface area contributed by atoms with Crippen molar-refractivity contribution < 1.29 is 31.6 Å². The molecule has 0 aliphatic carbocycles. The van der Waals surface area contributed by atoms with E-state index in [2.05, 4.69) is 10.3 Å². The molecule has 1 fully saturated rings. The van der Waals surface area contributed by atoms with Gasteiger partial charge in [0.1, 0.15) is 23.3 Å². The van der Waals surface area contributed by atoms with Crippen molar-refractivity contribution in [3.05, 3.63) is 89.3 Å². The minimum Gasteiger partial charge on any atom is -0.459 e. The number of hydrogen-bond acceptors (Lipinski definition) is 5. The molecule has 5 rings (SSSR count). The first-order valence-electron chi connectivity index (χ1n) is 12.9. The quantitative estimate of drug-likeness (QED) is 0.220. The Kier molecular flexibility index (Phi) is 7.78. The van der Waals surface area contributed by atoms with E-state index in [9.17, 15) is 27.2 Å². The lowest BCUT2D eigenvalue weighted by atomic mass is 9.99. The number of aromatic nitrogens is 1. The van der Waals surface area contributed by atoms with Crippen LogP contribution in [0.5, 0.6) is 0 Å². The summed E-state index contributed by atoms with van der Waals surface area (Å²) in [6.45, 7) is 0.529. The first-order valence-corrected chi connectivity index (χ1v) is 12.9. The predicted octanol–water partition coefficient (Wildman–Crippen LogP) is 6.00. The number of alkyl halides is 4. The number of nitrogens with zero attached hydrogens (tertiary/aromatic N) is 2. The highest BCUT2D eigenvalue weighted by molar-refractivity contribution is 5.95. The Hall–Kier alpha value is -4.67. The average molecular weight is 567 g/mol. The van der Waals surface area contributed by atoms with E-state index in [0.29, 0.717) is 54.0 Å². The number of nitrogens with one attached hydrogen (secondary N) is 1. The third-order valence-corrected chi connectivity index (χ3v) is 6.82. The van der Waals surface area contributed by atoms with Crippen molar-refractivity contribution in [3.63, 3.8) is 0 Å². The number of piperidine rings is 1. The van der Waals surface area contributed by atoms with Crippen LogP contribution >= 0.6 is 0 Å². The van der Waals surface area contributed by atoms with Crippen molar-refractivity contribution >= 4 is 34.7 Å². The van der Waals surface area contributed by atoms with Crippen LogP contribution in [0.1, 0.15) is 40.1 Å². The molecule has 0 saturated carbocycles. The minimum atomic E-state index is -4.69. The summed E-state index contributed by atoms with van der Waals surface area (Å²) >= 11 is 0. The van der Waals surface area contributed by atoms with Gasteiger partial charge in [0.15, 0.2) is 0 Å². The molecule has 212 valence electrons. The van der Waals surface area contributed by atoms with Gasteiger partial charge >= 0.3 is 6.18 Å². The summed E-state index contributed by atoms with van der Waals surface area (Å²) in [4.78, 5) is 30.5. The molecule has 0 unspecified atom stereocenters. The number of benzene rings is 2. The number of nitrogen functional groups attached to an aromatic ring is 1. The van der Waals surface area contributed by atoms with Crippen molar-refractivity contribution in [2.24, 2.45) is 0 Å². The molecule has 2 aromatic carbocycles. The Morgan fingerprint density at radius 1 is 1.05 bits per heavy atom. The average Bonchev–Trinajstić information content (AvgIpc) is 3.38. The molecule has 0 bridgehead atoms. The normalized spacial score (nSPS) is 14.6. The van der Waals surface area contributed by atoms with E-state index in [-0.39, 0.29) is 29.2 Å². The summed E-state index contributed by atoms with van der Waals surface area (Å²) in [6.07, 6.45) is -0.728. The SMILES string of the molecule is Nc1ccc(C=CC(=O)NCc2cc3cc(-c4ccc(C(=O)N5CCC(F)CC5)cc4)cc(C(F)(F)F)c3o2)cn1. The van der Waals surface area contributed by atoms with Crippen LogP contribution in [0.25, 0.3) is 28.2 Å². The second kappa shape index (κ2) is 11.4. The highest BCUT2D eigenvalue weighted by Gasteiger charge is 2.35. The highest BCUT2D eigenvalue weighted by atomic mass is 19.4. The van der Waals surface area contributed by atoms with Gasteiger partial charge in [0.2, 0.25) is 5.91 Å². The first kappa shape index (κ1) is 27.9. The van der Waals surface area contributed by atoms with Crippen LogP contribution in [0.2, 0.25) is 0 Å². The van der Waals surface area contributed by atoms with E-state index in [0.717, 1.165) is 6.07 Å². The lowest BCUT2D eigenvalue weighted by molar-refractivity contribution is -0.136. The van der Waals surface area contributed by atoms with Crippen LogP contribution in [0.4, 0.5) is 23.4 Å². The predicted molar refractivity (Wildman–Crippen MR) is 146 cm³/mol. The standard InChI is InChI=1S/C30H26F4N4O3/c31-23-9-11-38(12-10-23)29(40)20-5-3-19(4-6-20)21-13-22-14-24(41-28(22)25(15-21)30(32,33)34)17-37-27(39)8-2-18-1-7-26(35)36-16-18/h1-8,13-16,23H,9-12,17H2,(H2,35,36)(H,37,39). The third-order valence-electron chi connectivity index (χ3n) is 6.82. The maximum atomic E-state index is 14.0. The molecule has 1 saturated heterocycles. The van der Waals surface area contributed by atoms with E-state index in [1.807, 2.05) is 0 Å². The van der Waals surface area contributed by atoms with E-state index in [1.165, 1.54) is 24.4 Å². The molecule has 7 nitrogen and oxygen atoms in total. The highest BCUT2D eigenvalue weighted by Crippen LogP contribution is 2.39. The number of likely N-dealkylation sites (tertiary alicyclic amines) is 1. The van der Waals surface area contributed by atoms with E-state index in [4.69, 9.17) is 10.2 Å². The summed E-state index contributed by atoms with van der Waals surface area (Å²) in [6, 6.07) is 13.6. The van der Waals surface area contributed by atoms with Gasteiger partial charge in [-0.15, -0.1) is 0 Å². The van der Waals surface area contributed by atoms with Crippen LogP contribution in [-0.4, -0.2) is 41.0 Å². The molecule has 2 amide bonds. The van der Waals surface area contributed by atoms with Crippen LogP contribution in [-0.2, 0) is 17.5 Å². The fraction of sp³-hybridized carbons (Fsp3) is 0.233. The number of fused-ring (bicyclic) bond motifs is 1. The number of carbonyl (C=O) groups is 2. The second-order valence-electron chi connectivity index (χ2n) is 9.76. The number of pyridine rings is 1. The zero-order valence-electron chi connectivity index (χ0n) is 21.7. The summed E-state index contributed by atoms with van der Waals surface area (Å²) < 4.78 is 60.9. The summed E-state index contributed by atoms with van der Waals surface area (Å²) in [5, 5.41) is 2.81. The Labute approximate surface area is 232 Å². The third kappa shape index (κ3) is 6.56. The number of anilines is 1. The molecule has 0 radical (unpaired) electrons. The molecular weight excluding hydrogens is 540 g/mol. The molecule has 3 N–H and O–H groups in total. The van der Waals surface area contributed by atoms with Gasteiger partial charge in [-0.2, -0.15) is 13.2 Å². The van der Waals surface area contributed by atoms with E-state index in [1.54, 1.807) is 47.4 Å². The maximum absolute atomic E-state index is 14.0. The largest absolute Gasteiger partial charge is 0.459 e. The van der Waals surface area contributed by atoms with Gasteiger partial charge in [-0.05, 0) is 78.1 Å². The Morgan fingerprint density at radius 2 is 1.78 bits per heavy atom. The second-order valence-corrected chi connectivity index (χ2v) is 9.76. The first-order chi connectivity index (χ1) is 19.6. The topological polar surface area (TPSA) is 101 Å². The van der Waals surface area contributed by atoms with Crippen molar-refractivity contribution in [2.45, 2.75) is 31.7 Å². The summed E-state index contributed by atoms with van der Waals surface area (Å²) in [5.74, 6) is -0.216. The number of halogens is 4. The molecule has 2 aromatic heterocycles. The van der Waals surface area contributed by atoms with Gasteiger partial charge in [-0.3, -0.25) is 9.59 Å². The van der Waals surface area contributed by atoms with Crippen LogP contribution in [0, 0.1) is 0 Å². The fourth-order valence-electron chi connectivity index (χ4n) is 4.63.